The lowest BCUT2D eigenvalue weighted by Gasteiger charge is -2.26. The second-order valence-corrected chi connectivity index (χ2v) is 7.70. The van der Waals surface area contributed by atoms with Gasteiger partial charge in [-0.3, -0.25) is 9.59 Å². The second kappa shape index (κ2) is 7.28. The third-order valence-electron chi connectivity index (χ3n) is 5.23. The zero-order chi connectivity index (χ0) is 20.7. The Morgan fingerprint density at radius 3 is 2.69 bits per heavy atom. The minimum atomic E-state index is -0.365. The van der Waals surface area contributed by atoms with Crippen LogP contribution in [-0.4, -0.2) is 18.2 Å². The third-order valence-corrected chi connectivity index (χ3v) is 5.23. The van der Waals surface area contributed by atoms with Crippen LogP contribution in [0.3, 0.4) is 0 Å². The van der Waals surface area contributed by atoms with Crippen molar-refractivity contribution in [2.24, 2.45) is 5.92 Å². The number of phenols is 1. The minimum Gasteiger partial charge on any atom is -0.507 e. The van der Waals surface area contributed by atoms with Gasteiger partial charge in [-0.15, -0.1) is 0 Å². The Kier molecular flexibility index (Phi) is 4.78. The molecule has 0 fully saturated rings. The monoisotopic (exact) mass is 394 g/mol. The van der Waals surface area contributed by atoms with Crippen LogP contribution in [0.5, 0.6) is 17.2 Å². The normalized spacial score (nSPS) is 16.0. The van der Waals surface area contributed by atoms with Crippen molar-refractivity contribution in [3.63, 3.8) is 0 Å². The largest absolute Gasteiger partial charge is 0.507 e. The van der Waals surface area contributed by atoms with Crippen LogP contribution in [0, 0.1) is 5.92 Å². The highest BCUT2D eigenvalue weighted by atomic mass is 16.5. The quantitative estimate of drug-likeness (QED) is 0.514. The summed E-state index contributed by atoms with van der Waals surface area (Å²) in [5.74, 6) is 0.349. The summed E-state index contributed by atoms with van der Waals surface area (Å²) in [6.07, 6.45) is 2.33. The summed E-state index contributed by atoms with van der Waals surface area (Å²) >= 11 is 0. The first-order chi connectivity index (χ1) is 13.9. The Hall–Kier alpha value is -3.28. The Bertz CT molecular complexity index is 1160. The molecule has 1 aromatic heterocycles. The molecule has 0 amide bonds. The molecule has 2 heterocycles. The van der Waals surface area contributed by atoms with Crippen LogP contribution in [0.2, 0.25) is 0 Å². The van der Waals surface area contributed by atoms with Crippen molar-refractivity contribution in [2.45, 2.75) is 32.6 Å². The van der Waals surface area contributed by atoms with E-state index >= 15 is 0 Å². The van der Waals surface area contributed by atoms with Gasteiger partial charge >= 0.3 is 5.97 Å². The van der Waals surface area contributed by atoms with Crippen molar-refractivity contribution >= 4 is 16.9 Å². The molecule has 4 rings (SSSR count). The number of carbonyl (C=O) groups excluding carboxylic acids is 1. The number of hydrogen-bond donors (Lipinski definition) is 1. The number of methoxy groups -OCH3 is 1. The smallest absolute Gasteiger partial charge is 0.311 e. The minimum absolute atomic E-state index is 0.0823. The van der Waals surface area contributed by atoms with E-state index in [1.54, 1.807) is 18.2 Å². The fourth-order valence-corrected chi connectivity index (χ4v) is 4.05. The van der Waals surface area contributed by atoms with Gasteiger partial charge in [0.2, 0.25) is 5.43 Å². The molecule has 1 aliphatic rings. The number of phenolic OH excluding ortho intramolecular Hbond substituents is 1. The van der Waals surface area contributed by atoms with Crippen molar-refractivity contribution in [1.82, 2.24) is 0 Å². The number of aromatic hydroxyl groups is 1. The van der Waals surface area contributed by atoms with E-state index in [2.05, 4.69) is 13.8 Å². The SMILES string of the molecule is COc1ccccc1-c1coc2c3c(cc(O)c2c1=O)OC(=O)C[C@H]3CC(C)C. The maximum absolute atomic E-state index is 13.3. The topological polar surface area (TPSA) is 86.0 Å². The van der Waals surface area contributed by atoms with E-state index < -0.39 is 0 Å². The van der Waals surface area contributed by atoms with Crippen molar-refractivity contribution < 1.29 is 23.8 Å². The van der Waals surface area contributed by atoms with E-state index in [0.29, 0.717) is 28.4 Å². The van der Waals surface area contributed by atoms with Crippen LogP contribution >= 0.6 is 0 Å². The maximum atomic E-state index is 13.3. The summed E-state index contributed by atoms with van der Waals surface area (Å²) in [4.78, 5) is 25.3. The van der Waals surface area contributed by atoms with Crippen LogP contribution in [0.1, 0.15) is 38.2 Å². The molecule has 150 valence electrons. The molecule has 0 saturated heterocycles. The molecule has 0 bridgehead atoms. The highest BCUT2D eigenvalue weighted by Gasteiger charge is 2.33. The number of fused-ring (bicyclic) bond motifs is 3. The van der Waals surface area contributed by atoms with Gasteiger partial charge in [0.05, 0.1) is 19.1 Å². The van der Waals surface area contributed by atoms with Gasteiger partial charge in [0, 0.05) is 23.1 Å². The molecular formula is C23H22O6. The van der Waals surface area contributed by atoms with Gasteiger partial charge in [-0.2, -0.15) is 0 Å². The first-order valence-corrected chi connectivity index (χ1v) is 9.56. The van der Waals surface area contributed by atoms with Gasteiger partial charge in [-0.25, -0.2) is 0 Å². The fraction of sp³-hybridized carbons (Fsp3) is 0.304. The zero-order valence-electron chi connectivity index (χ0n) is 16.5. The summed E-state index contributed by atoms with van der Waals surface area (Å²) in [6, 6.07) is 8.46. The maximum Gasteiger partial charge on any atom is 0.311 e. The molecule has 0 saturated carbocycles. The van der Waals surface area contributed by atoms with Crippen molar-refractivity contribution in [1.29, 1.82) is 0 Å². The van der Waals surface area contributed by atoms with E-state index in [0.717, 1.165) is 6.42 Å². The molecule has 0 aliphatic carbocycles. The van der Waals surface area contributed by atoms with Gasteiger partial charge in [0.1, 0.15) is 34.5 Å². The molecule has 1 aliphatic heterocycles. The van der Waals surface area contributed by atoms with Crippen molar-refractivity contribution in [3.8, 4) is 28.4 Å². The number of carbonyl (C=O) groups is 1. The van der Waals surface area contributed by atoms with Crippen LogP contribution in [0.15, 0.2) is 45.8 Å². The van der Waals surface area contributed by atoms with Crippen LogP contribution in [0.4, 0.5) is 0 Å². The Labute approximate surface area is 167 Å². The average molecular weight is 394 g/mol. The van der Waals surface area contributed by atoms with E-state index in [1.807, 2.05) is 6.07 Å². The first kappa shape index (κ1) is 19.1. The Balaban J connectivity index is 1.99. The standard InChI is InChI=1S/C23H22O6/c1-12(2)8-13-9-19(25)29-18-10-16(24)21-22(26)15(11-28-23(21)20(13)18)14-6-4-5-7-17(14)27-3/h4-7,10-13,24H,8-9H2,1-3H3/t13-/m1/s1. The van der Waals surface area contributed by atoms with Crippen LogP contribution < -0.4 is 14.9 Å². The number of hydrogen-bond acceptors (Lipinski definition) is 6. The summed E-state index contributed by atoms with van der Waals surface area (Å²) in [5, 5.41) is 10.7. The number of rotatable bonds is 4. The number of esters is 1. The van der Waals surface area contributed by atoms with Gasteiger partial charge in [-0.1, -0.05) is 32.0 Å². The molecule has 0 radical (unpaired) electrons. The Morgan fingerprint density at radius 2 is 1.97 bits per heavy atom. The molecule has 0 unspecified atom stereocenters. The fourth-order valence-electron chi connectivity index (χ4n) is 4.05. The molecule has 6 heteroatoms. The van der Waals surface area contributed by atoms with Crippen LogP contribution in [-0.2, 0) is 4.79 Å². The zero-order valence-corrected chi connectivity index (χ0v) is 16.5. The lowest BCUT2D eigenvalue weighted by molar-refractivity contribution is -0.136. The second-order valence-electron chi connectivity index (χ2n) is 7.70. The molecule has 0 spiro atoms. The highest BCUT2D eigenvalue weighted by Crippen LogP contribution is 2.45. The molecule has 1 N–H and O–H groups in total. The summed E-state index contributed by atoms with van der Waals surface area (Å²) in [6.45, 7) is 4.14. The molecule has 6 nitrogen and oxygen atoms in total. The van der Waals surface area contributed by atoms with Gasteiger partial charge in [0.15, 0.2) is 0 Å². The van der Waals surface area contributed by atoms with Crippen molar-refractivity contribution in [3.05, 3.63) is 52.4 Å². The molecule has 1 atom stereocenters. The number of benzene rings is 2. The van der Waals surface area contributed by atoms with Gasteiger partial charge < -0.3 is 19.0 Å². The van der Waals surface area contributed by atoms with E-state index in [4.69, 9.17) is 13.9 Å². The summed E-state index contributed by atoms with van der Waals surface area (Å²) < 4.78 is 16.6. The van der Waals surface area contributed by atoms with Crippen LogP contribution in [0.25, 0.3) is 22.1 Å². The van der Waals surface area contributed by atoms with E-state index in [9.17, 15) is 14.7 Å². The molecule has 3 aromatic rings. The predicted octanol–water partition coefficient (Wildman–Crippen LogP) is 4.61. The first-order valence-electron chi connectivity index (χ1n) is 9.56. The highest BCUT2D eigenvalue weighted by molar-refractivity contribution is 5.94. The summed E-state index contributed by atoms with van der Waals surface area (Å²) in [7, 11) is 1.53. The number of ether oxygens (including phenoxy) is 2. The lowest BCUT2D eigenvalue weighted by Crippen LogP contribution is -2.22. The van der Waals surface area contributed by atoms with E-state index in [1.165, 1.54) is 19.4 Å². The molecule has 2 aromatic carbocycles. The molecule has 29 heavy (non-hydrogen) atoms. The van der Waals surface area contributed by atoms with Gasteiger partial charge in [0.25, 0.3) is 0 Å². The lowest BCUT2D eigenvalue weighted by atomic mass is 9.84. The number of para-hydroxylation sites is 1. The third kappa shape index (κ3) is 3.24. The van der Waals surface area contributed by atoms with Gasteiger partial charge in [-0.05, 0) is 18.4 Å². The Morgan fingerprint density at radius 1 is 1.21 bits per heavy atom. The summed E-state index contributed by atoms with van der Waals surface area (Å²) in [5.41, 5.74) is 1.43. The van der Waals surface area contributed by atoms with E-state index in [-0.39, 0.29) is 46.2 Å². The predicted molar refractivity (Wildman–Crippen MR) is 109 cm³/mol. The average Bonchev–Trinajstić information content (AvgIpc) is 2.67. The molecular weight excluding hydrogens is 372 g/mol. The van der Waals surface area contributed by atoms with Crippen molar-refractivity contribution in [2.75, 3.05) is 7.11 Å².